The van der Waals surface area contributed by atoms with E-state index >= 15 is 0 Å². The van der Waals surface area contributed by atoms with Crippen LogP contribution in [0, 0.1) is 0 Å². The van der Waals surface area contributed by atoms with Crippen molar-refractivity contribution in [3.63, 3.8) is 0 Å². The van der Waals surface area contributed by atoms with Crippen molar-refractivity contribution in [2.45, 2.75) is 5.41 Å². The predicted octanol–water partition coefficient (Wildman–Crippen LogP) is 3.67. The fourth-order valence-corrected chi connectivity index (χ4v) is 3.12. The molecular formula is C21H16O3. The summed E-state index contributed by atoms with van der Waals surface area (Å²) in [5.41, 5.74) is 0.523. The monoisotopic (exact) mass is 316 g/mol. The minimum atomic E-state index is -1.45. The summed E-state index contributed by atoms with van der Waals surface area (Å²) in [6.07, 6.45) is 0. The van der Waals surface area contributed by atoms with Gasteiger partial charge in [-0.25, -0.2) is 4.79 Å². The summed E-state index contributed by atoms with van der Waals surface area (Å²) in [6.45, 7) is 0. The van der Waals surface area contributed by atoms with Crippen molar-refractivity contribution in [2.75, 3.05) is 0 Å². The van der Waals surface area contributed by atoms with Gasteiger partial charge in [0.25, 0.3) is 5.78 Å². The van der Waals surface area contributed by atoms with Gasteiger partial charge in [-0.2, -0.15) is 0 Å². The van der Waals surface area contributed by atoms with E-state index in [4.69, 9.17) is 0 Å². The number of benzene rings is 3. The molecule has 3 rings (SSSR count). The summed E-state index contributed by atoms with van der Waals surface area (Å²) in [5.74, 6) is -2.32. The molecule has 0 aromatic heterocycles. The van der Waals surface area contributed by atoms with E-state index in [-0.39, 0.29) is 0 Å². The van der Waals surface area contributed by atoms with Crippen LogP contribution in [0.15, 0.2) is 91.0 Å². The van der Waals surface area contributed by atoms with Crippen molar-refractivity contribution in [1.82, 2.24) is 0 Å². The Bertz CT molecular complexity index is 743. The van der Waals surface area contributed by atoms with Crippen LogP contribution in [0.5, 0.6) is 0 Å². The zero-order valence-corrected chi connectivity index (χ0v) is 12.9. The maximum Gasteiger partial charge on any atom is 0.373 e. The number of carbonyl (C=O) groups excluding carboxylic acids is 1. The Labute approximate surface area is 140 Å². The van der Waals surface area contributed by atoms with E-state index in [1.807, 2.05) is 54.6 Å². The fraction of sp³-hybridized carbons (Fsp3) is 0.0476. The van der Waals surface area contributed by atoms with Crippen LogP contribution in [0.4, 0.5) is 0 Å². The maximum absolute atomic E-state index is 13.0. The first-order valence-electron chi connectivity index (χ1n) is 7.61. The molecule has 118 valence electrons. The SMILES string of the molecule is O=C(O)C(=O)C(c1ccccc1)(c1ccccc1)c1ccccc1. The first-order valence-corrected chi connectivity index (χ1v) is 7.61. The average Bonchev–Trinajstić information content (AvgIpc) is 2.65. The third kappa shape index (κ3) is 2.50. The van der Waals surface area contributed by atoms with Gasteiger partial charge in [0, 0.05) is 0 Å². The summed E-state index contributed by atoms with van der Waals surface area (Å²) in [5, 5.41) is 9.55. The molecule has 0 aliphatic carbocycles. The summed E-state index contributed by atoms with van der Waals surface area (Å²) < 4.78 is 0. The van der Waals surface area contributed by atoms with Gasteiger partial charge in [0.2, 0.25) is 0 Å². The molecule has 1 N–H and O–H groups in total. The van der Waals surface area contributed by atoms with Crippen molar-refractivity contribution in [3.05, 3.63) is 108 Å². The fourth-order valence-electron chi connectivity index (χ4n) is 3.12. The highest BCUT2D eigenvalue weighted by atomic mass is 16.4. The Morgan fingerprint density at radius 2 is 0.875 bits per heavy atom. The Kier molecular flexibility index (Phi) is 4.25. The zero-order chi connectivity index (χ0) is 17.0. The number of carboxylic acid groups (broad SMARTS) is 1. The molecule has 0 aliphatic heterocycles. The Hall–Kier alpha value is -3.20. The van der Waals surface area contributed by atoms with Gasteiger partial charge >= 0.3 is 5.97 Å². The van der Waals surface area contributed by atoms with Gasteiger partial charge in [-0.3, -0.25) is 4.79 Å². The van der Waals surface area contributed by atoms with Gasteiger partial charge in [-0.1, -0.05) is 91.0 Å². The summed E-state index contributed by atoms with van der Waals surface area (Å²) in [7, 11) is 0. The molecule has 3 heteroatoms. The Morgan fingerprint density at radius 3 is 1.12 bits per heavy atom. The quantitative estimate of drug-likeness (QED) is 0.577. The Balaban J connectivity index is 2.42. The summed E-state index contributed by atoms with van der Waals surface area (Å²) in [4.78, 5) is 24.7. The number of rotatable bonds is 5. The topological polar surface area (TPSA) is 54.4 Å². The lowest BCUT2D eigenvalue weighted by Crippen LogP contribution is -2.42. The molecule has 0 spiro atoms. The molecule has 0 bridgehead atoms. The van der Waals surface area contributed by atoms with Crippen molar-refractivity contribution in [2.24, 2.45) is 0 Å². The molecule has 0 amide bonds. The number of aliphatic carboxylic acids is 1. The lowest BCUT2D eigenvalue weighted by atomic mass is 9.66. The third-order valence-electron chi connectivity index (χ3n) is 4.16. The van der Waals surface area contributed by atoms with Crippen molar-refractivity contribution >= 4 is 11.8 Å². The number of ketones is 1. The van der Waals surface area contributed by atoms with E-state index in [2.05, 4.69) is 0 Å². The van der Waals surface area contributed by atoms with Crippen LogP contribution in [0.3, 0.4) is 0 Å². The molecule has 24 heavy (non-hydrogen) atoms. The number of carbonyl (C=O) groups is 2. The highest BCUT2D eigenvalue weighted by Crippen LogP contribution is 2.40. The van der Waals surface area contributed by atoms with Crippen molar-refractivity contribution < 1.29 is 14.7 Å². The highest BCUT2D eigenvalue weighted by molar-refractivity contribution is 6.38. The van der Waals surface area contributed by atoms with Crippen LogP contribution in [-0.4, -0.2) is 16.9 Å². The standard InChI is InChI=1S/C21H16O3/c22-19(20(23)24)21(16-10-4-1-5-11-16,17-12-6-2-7-13-17)18-14-8-3-9-15-18/h1-15H,(H,23,24). The molecule has 0 fully saturated rings. The second-order valence-corrected chi connectivity index (χ2v) is 5.48. The number of hydrogen-bond acceptors (Lipinski definition) is 2. The molecule has 0 unspecified atom stereocenters. The number of carboxylic acids is 1. The molecule has 0 radical (unpaired) electrons. The predicted molar refractivity (Wildman–Crippen MR) is 91.9 cm³/mol. The summed E-state index contributed by atoms with van der Waals surface area (Å²) >= 11 is 0. The van der Waals surface area contributed by atoms with Crippen LogP contribution in [0.2, 0.25) is 0 Å². The molecule has 3 aromatic carbocycles. The van der Waals surface area contributed by atoms with Crippen LogP contribution in [0.25, 0.3) is 0 Å². The second-order valence-electron chi connectivity index (χ2n) is 5.48. The maximum atomic E-state index is 13.0. The average molecular weight is 316 g/mol. The van der Waals surface area contributed by atoms with Gasteiger partial charge in [-0.15, -0.1) is 0 Å². The first-order chi connectivity index (χ1) is 11.7. The van der Waals surface area contributed by atoms with Crippen LogP contribution in [-0.2, 0) is 15.0 Å². The smallest absolute Gasteiger partial charge is 0.373 e. The van der Waals surface area contributed by atoms with E-state index in [0.717, 1.165) is 0 Å². The van der Waals surface area contributed by atoms with Crippen molar-refractivity contribution in [3.8, 4) is 0 Å². The summed E-state index contributed by atoms with van der Waals surface area (Å²) in [6, 6.07) is 27.1. The van der Waals surface area contributed by atoms with Crippen molar-refractivity contribution in [1.29, 1.82) is 0 Å². The lowest BCUT2D eigenvalue weighted by Gasteiger charge is -2.32. The zero-order valence-electron chi connectivity index (χ0n) is 12.9. The van der Waals surface area contributed by atoms with Crippen LogP contribution in [0.1, 0.15) is 16.7 Å². The van der Waals surface area contributed by atoms with Crippen LogP contribution >= 0.6 is 0 Å². The molecule has 3 nitrogen and oxygen atoms in total. The van der Waals surface area contributed by atoms with E-state index in [1.54, 1.807) is 36.4 Å². The molecule has 3 aromatic rings. The minimum absolute atomic E-state index is 0.634. The molecule has 0 heterocycles. The third-order valence-corrected chi connectivity index (χ3v) is 4.16. The second kappa shape index (κ2) is 6.50. The van der Waals surface area contributed by atoms with E-state index in [1.165, 1.54) is 0 Å². The lowest BCUT2D eigenvalue weighted by molar-refractivity contribution is -0.150. The molecule has 0 aliphatic rings. The Morgan fingerprint density at radius 1 is 0.583 bits per heavy atom. The molecular weight excluding hydrogens is 300 g/mol. The molecule has 0 atom stereocenters. The number of Topliss-reactive ketones (excluding diaryl/α,β-unsaturated/α-hetero) is 1. The molecule has 0 saturated heterocycles. The van der Waals surface area contributed by atoms with Gasteiger partial charge in [0.15, 0.2) is 0 Å². The van der Waals surface area contributed by atoms with E-state index in [0.29, 0.717) is 16.7 Å². The van der Waals surface area contributed by atoms with Gasteiger partial charge in [0.05, 0.1) is 0 Å². The first kappa shape index (κ1) is 15.7. The van der Waals surface area contributed by atoms with E-state index < -0.39 is 17.2 Å². The number of hydrogen-bond donors (Lipinski definition) is 1. The largest absolute Gasteiger partial charge is 0.475 e. The van der Waals surface area contributed by atoms with Gasteiger partial charge in [0.1, 0.15) is 5.41 Å². The normalized spacial score (nSPS) is 11.0. The minimum Gasteiger partial charge on any atom is -0.475 e. The van der Waals surface area contributed by atoms with E-state index in [9.17, 15) is 14.7 Å². The van der Waals surface area contributed by atoms with Crippen LogP contribution < -0.4 is 0 Å². The van der Waals surface area contributed by atoms with Gasteiger partial charge < -0.3 is 5.11 Å². The molecule has 0 saturated carbocycles. The highest BCUT2D eigenvalue weighted by Gasteiger charge is 2.46. The van der Waals surface area contributed by atoms with Gasteiger partial charge in [-0.05, 0) is 16.7 Å².